The van der Waals surface area contributed by atoms with Crippen molar-refractivity contribution in [2.24, 2.45) is 0 Å². The van der Waals surface area contributed by atoms with E-state index in [1.807, 2.05) is 0 Å². The number of carbonyl (C=O) groups excluding carboxylic acids is 1. The second kappa shape index (κ2) is 7.32. The van der Waals surface area contributed by atoms with Gasteiger partial charge in [0, 0.05) is 0 Å². The standard InChI is InChI=1S/C16H12Cl2F3NO2/c1-9(24-13-8-4-6-11(17)14(13)18)15(23)22-12-7-3-2-5-10(12)16(19,20)21/h2-9H,1H3,(H,22,23). The maximum Gasteiger partial charge on any atom is 0.418 e. The number of benzene rings is 2. The van der Waals surface area contributed by atoms with E-state index in [-0.39, 0.29) is 21.5 Å². The molecule has 0 heterocycles. The molecule has 0 spiro atoms. The van der Waals surface area contributed by atoms with Gasteiger partial charge in [0.05, 0.1) is 16.3 Å². The summed E-state index contributed by atoms with van der Waals surface area (Å²) in [5.41, 5.74) is -1.28. The van der Waals surface area contributed by atoms with Gasteiger partial charge in [-0.05, 0) is 31.2 Å². The molecule has 0 saturated heterocycles. The predicted molar refractivity (Wildman–Crippen MR) is 86.6 cm³/mol. The Morgan fingerprint density at radius 3 is 2.46 bits per heavy atom. The van der Waals surface area contributed by atoms with E-state index in [1.165, 1.54) is 31.2 Å². The largest absolute Gasteiger partial charge is 0.479 e. The summed E-state index contributed by atoms with van der Waals surface area (Å²) in [5, 5.41) is 2.57. The van der Waals surface area contributed by atoms with E-state index in [0.29, 0.717) is 0 Å². The van der Waals surface area contributed by atoms with Crippen LogP contribution in [-0.2, 0) is 11.0 Å². The van der Waals surface area contributed by atoms with E-state index in [0.717, 1.165) is 6.07 Å². The lowest BCUT2D eigenvalue weighted by Crippen LogP contribution is -2.31. The van der Waals surface area contributed by atoms with Crippen LogP contribution in [-0.4, -0.2) is 12.0 Å². The molecule has 0 aliphatic heterocycles. The van der Waals surface area contributed by atoms with Crippen LogP contribution in [0.5, 0.6) is 5.75 Å². The number of alkyl halides is 3. The van der Waals surface area contributed by atoms with Crippen LogP contribution in [0.25, 0.3) is 0 Å². The van der Waals surface area contributed by atoms with Crippen molar-refractivity contribution in [3.63, 3.8) is 0 Å². The monoisotopic (exact) mass is 377 g/mol. The average molecular weight is 378 g/mol. The van der Waals surface area contributed by atoms with Crippen molar-refractivity contribution in [1.29, 1.82) is 0 Å². The first-order valence-corrected chi connectivity index (χ1v) is 7.53. The minimum atomic E-state index is -4.58. The summed E-state index contributed by atoms with van der Waals surface area (Å²) in [6, 6.07) is 9.30. The van der Waals surface area contributed by atoms with E-state index in [1.54, 1.807) is 12.1 Å². The molecule has 8 heteroatoms. The number of rotatable bonds is 4. The molecule has 1 amide bonds. The zero-order valence-corrected chi connectivity index (χ0v) is 13.8. The molecule has 0 aromatic heterocycles. The van der Waals surface area contributed by atoms with E-state index in [9.17, 15) is 18.0 Å². The fourth-order valence-corrected chi connectivity index (χ4v) is 2.23. The van der Waals surface area contributed by atoms with Crippen LogP contribution in [0, 0.1) is 0 Å². The van der Waals surface area contributed by atoms with E-state index in [4.69, 9.17) is 27.9 Å². The zero-order chi connectivity index (χ0) is 17.9. The average Bonchev–Trinajstić information content (AvgIpc) is 2.51. The lowest BCUT2D eigenvalue weighted by atomic mass is 10.1. The van der Waals surface area contributed by atoms with Crippen molar-refractivity contribution in [3.05, 3.63) is 58.1 Å². The summed E-state index contributed by atoms with van der Waals surface area (Å²) in [4.78, 5) is 12.1. The summed E-state index contributed by atoms with van der Waals surface area (Å²) in [7, 11) is 0. The summed E-state index contributed by atoms with van der Waals surface area (Å²) < 4.78 is 44.2. The molecule has 1 atom stereocenters. The number of amides is 1. The number of hydrogen-bond acceptors (Lipinski definition) is 2. The zero-order valence-electron chi connectivity index (χ0n) is 12.3. The molecule has 2 aromatic rings. The van der Waals surface area contributed by atoms with Crippen molar-refractivity contribution in [3.8, 4) is 5.75 Å². The van der Waals surface area contributed by atoms with Gasteiger partial charge in [0.2, 0.25) is 0 Å². The maximum atomic E-state index is 12.9. The first-order valence-electron chi connectivity index (χ1n) is 6.78. The summed E-state index contributed by atoms with van der Waals surface area (Å²) >= 11 is 11.8. The molecule has 2 rings (SSSR count). The molecule has 0 radical (unpaired) electrons. The molecule has 1 unspecified atom stereocenters. The van der Waals surface area contributed by atoms with Crippen LogP contribution < -0.4 is 10.1 Å². The first-order chi connectivity index (χ1) is 11.2. The molecule has 0 aliphatic carbocycles. The molecule has 24 heavy (non-hydrogen) atoms. The number of carbonyl (C=O) groups is 1. The molecule has 0 saturated carbocycles. The van der Waals surface area contributed by atoms with Gasteiger partial charge in [-0.1, -0.05) is 41.4 Å². The van der Waals surface area contributed by atoms with E-state index >= 15 is 0 Å². The number of hydrogen-bond donors (Lipinski definition) is 1. The molecular formula is C16H12Cl2F3NO2. The minimum Gasteiger partial charge on any atom is -0.479 e. The highest BCUT2D eigenvalue weighted by Gasteiger charge is 2.34. The van der Waals surface area contributed by atoms with Crippen LogP contribution in [0.15, 0.2) is 42.5 Å². The van der Waals surface area contributed by atoms with Gasteiger partial charge in [0.1, 0.15) is 10.8 Å². The molecule has 128 valence electrons. The number of halogens is 5. The maximum absolute atomic E-state index is 12.9. The smallest absolute Gasteiger partial charge is 0.418 e. The minimum absolute atomic E-state index is 0.120. The highest BCUT2D eigenvalue weighted by Crippen LogP contribution is 2.35. The summed E-state index contributed by atoms with van der Waals surface area (Å²) in [6.07, 6.45) is -5.66. The number of ether oxygens (including phenoxy) is 1. The normalized spacial score (nSPS) is 12.6. The van der Waals surface area contributed by atoms with Crippen molar-refractivity contribution in [2.45, 2.75) is 19.2 Å². The third-order valence-corrected chi connectivity index (χ3v) is 3.88. The van der Waals surface area contributed by atoms with Gasteiger partial charge >= 0.3 is 6.18 Å². The highest BCUT2D eigenvalue weighted by molar-refractivity contribution is 6.42. The van der Waals surface area contributed by atoms with Gasteiger partial charge in [-0.3, -0.25) is 4.79 Å². The summed E-state index contributed by atoms with van der Waals surface area (Å²) in [6.45, 7) is 1.39. The fraction of sp³-hybridized carbons (Fsp3) is 0.188. The van der Waals surface area contributed by atoms with Crippen LogP contribution in [0.3, 0.4) is 0 Å². The van der Waals surface area contributed by atoms with Gasteiger partial charge in [-0.25, -0.2) is 0 Å². The second-order valence-electron chi connectivity index (χ2n) is 4.84. The molecular weight excluding hydrogens is 366 g/mol. The molecule has 0 fully saturated rings. The number of nitrogens with one attached hydrogen (secondary N) is 1. The van der Waals surface area contributed by atoms with Crippen LogP contribution in [0.2, 0.25) is 10.0 Å². The quantitative estimate of drug-likeness (QED) is 0.772. The Bertz CT molecular complexity index is 750. The number of anilines is 1. The Balaban J connectivity index is 2.14. The molecule has 1 N–H and O–H groups in total. The van der Waals surface area contributed by atoms with E-state index in [2.05, 4.69) is 5.32 Å². The number of para-hydroxylation sites is 1. The lowest BCUT2D eigenvalue weighted by molar-refractivity contribution is -0.137. The lowest BCUT2D eigenvalue weighted by Gasteiger charge is -2.18. The molecule has 3 nitrogen and oxygen atoms in total. The Labute approximate surface area is 146 Å². The van der Waals surface area contributed by atoms with Crippen molar-refractivity contribution in [1.82, 2.24) is 0 Å². The Kier molecular flexibility index (Phi) is 5.62. The third-order valence-electron chi connectivity index (χ3n) is 3.08. The Morgan fingerprint density at radius 2 is 1.79 bits per heavy atom. The van der Waals surface area contributed by atoms with E-state index < -0.39 is 23.8 Å². The van der Waals surface area contributed by atoms with Gasteiger partial charge in [0.25, 0.3) is 5.91 Å². The highest BCUT2D eigenvalue weighted by atomic mass is 35.5. The SMILES string of the molecule is CC(Oc1cccc(Cl)c1Cl)C(=O)Nc1ccccc1C(F)(F)F. The molecule has 0 bridgehead atoms. The topological polar surface area (TPSA) is 38.3 Å². The molecule has 2 aromatic carbocycles. The third kappa shape index (κ3) is 4.33. The first kappa shape index (κ1) is 18.4. The molecule has 0 aliphatic rings. The van der Waals surface area contributed by atoms with Crippen LogP contribution in [0.4, 0.5) is 18.9 Å². The fourth-order valence-electron chi connectivity index (χ4n) is 1.89. The summed E-state index contributed by atoms with van der Waals surface area (Å²) in [5.74, 6) is -0.585. The van der Waals surface area contributed by atoms with Gasteiger partial charge < -0.3 is 10.1 Å². The predicted octanol–water partition coefficient (Wildman–Crippen LogP) is 5.42. The van der Waals surface area contributed by atoms with Crippen molar-refractivity contribution >= 4 is 34.8 Å². The second-order valence-corrected chi connectivity index (χ2v) is 5.63. The van der Waals surface area contributed by atoms with Gasteiger partial charge in [0.15, 0.2) is 6.10 Å². The van der Waals surface area contributed by atoms with Gasteiger partial charge in [-0.2, -0.15) is 13.2 Å². The van der Waals surface area contributed by atoms with Crippen molar-refractivity contribution in [2.75, 3.05) is 5.32 Å². The van der Waals surface area contributed by atoms with Crippen LogP contribution >= 0.6 is 23.2 Å². The van der Waals surface area contributed by atoms with Crippen molar-refractivity contribution < 1.29 is 22.7 Å². The van der Waals surface area contributed by atoms with Gasteiger partial charge in [-0.15, -0.1) is 0 Å². The Hall–Kier alpha value is -1.92. The Morgan fingerprint density at radius 1 is 1.12 bits per heavy atom. The van der Waals surface area contributed by atoms with Crippen LogP contribution in [0.1, 0.15) is 12.5 Å².